The van der Waals surface area contributed by atoms with Crippen LogP contribution in [-0.4, -0.2) is 29.7 Å². The van der Waals surface area contributed by atoms with Crippen molar-refractivity contribution in [3.63, 3.8) is 0 Å². The zero-order chi connectivity index (χ0) is 10.6. The molecule has 0 aromatic heterocycles. The van der Waals surface area contributed by atoms with Gasteiger partial charge >= 0.3 is 0 Å². The first-order valence-corrected chi connectivity index (χ1v) is 5.55. The van der Waals surface area contributed by atoms with Gasteiger partial charge in [-0.3, -0.25) is 0 Å². The van der Waals surface area contributed by atoms with Gasteiger partial charge in [-0.15, -0.1) is 0 Å². The minimum Gasteiger partial charge on any atom is -0.394 e. The Morgan fingerprint density at radius 2 is 1.79 bits per heavy atom. The predicted octanol–water partition coefficient (Wildman–Crippen LogP) is 2.08. The number of ether oxygens (including phenoxy) is 2. The van der Waals surface area contributed by atoms with Crippen LogP contribution in [0.5, 0.6) is 0 Å². The van der Waals surface area contributed by atoms with E-state index in [1.807, 2.05) is 13.8 Å². The van der Waals surface area contributed by atoms with Crippen molar-refractivity contribution in [2.75, 3.05) is 6.61 Å². The fourth-order valence-corrected chi connectivity index (χ4v) is 1.90. The van der Waals surface area contributed by atoms with Gasteiger partial charge in [0.25, 0.3) is 0 Å². The lowest BCUT2D eigenvalue weighted by Crippen LogP contribution is -2.26. The summed E-state index contributed by atoms with van der Waals surface area (Å²) in [6, 6.07) is 0. The quantitative estimate of drug-likeness (QED) is 0.694. The second-order valence-electron chi connectivity index (χ2n) is 4.39. The summed E-state index contributed by atoms with van der Waals surface area (Å²) in [7, 11) is 0. The molecule has 0 saturated carbocycles. The van der Waals surface area contributed by atoms with Crippen LogP contribution in [0, 0.1) is 0 Å². The maximum atomic E-state index is 9.12. The molecule has 0 bridgehead atoms. The average molecular weight is 202 g/mol. The largest absolute Gasteiger partial charge is 0.394 e. The van der Waals surface area contributed by atoms with Crippen LogP contribution in [0.3, 0.4) is 0 Å². The molecular formula is C11H22O3. The van der Waals surface area contributed by atoms with Gasteiger partial charge in [0.2, 0.25) is 0 Å². The van der Waals surface area contributed by atoms with Crippen LogP contribution < -0.4 is 0 Å². The topological polar surface area (TPSA) is 38.7 Å². The Balaban J connectivity index is 2.35. The molecule has 84 valence electrons. The molecular weight excluding hydrogens is 180 g/mol. The second kappa shape index (κ2) is 5.10. The second-order valence-corrected chi connectivity index (χ2v) is 4.39. The van der Waals surface area contributed by atoms with Gasteiger partial charge in [0, 0.05) is 0 Å². The third-order valence-corrected chi connectivity index (χ3v) is 2.56. The highest BCUT2D eigenvalue weighted by Crippen LogP contribution is 2.30. The van der Waals surface area contributed by atoms with E-state index < -0.39 is 5.79 Å². The number of rotatable bonds is 5. The zero-order valence-electron chi connectivity index (χ0n) is 9.45. The first-order valence-electron chi connectivity index (χ1n) is 5.55. The van der Waals surface area contributed by atoms with E-state index in [1.165, 1.54) is 12.8 Å². The Labute approximate surface area is 86.4 Å². The third-order valence-electron chi connectivity index (χ3n) is 2.56. The average Bonchev–Trinajstić information content (AvgIpc) is 2.41. The van der Waals surface area contributed by atoms with Crippen molar-refractivity contribution in [2.24, 2.45) is 0 Å². The van der Waals surface area contributed by atoms with E-state index in [2.05, 4.69) is 6.92 Å². The minimum absolute atomic E-state index is 0.0558. The van der Waals surface area contributed by atoms with Crippen molar-refractivity contribution >= 4 is 0 Å². The van der Waals surface area contributed by atoms with Gasteiger partial charge in [-0.25, -0.2) is 0 Å². The van der Waals surface area contributed by atoms with Crippen molar-refractivity contribution in [3.05, 3.63) is 0 Å². The lowest BCUT2D eigenvalue weighted by Gasteiger charge is -2.16. The Morgan fingerprint density at radius 1 is 1.14 bits per heavy atom. The molecule has 0 radical (unpaired) electrons. The van der Waals surface area contributed by atoms with E-state index in [0.29, 0.717) is 0 Å². The first kappa shape index (κ1) is 12.0. The summed E-state index contributed by atoms with van der Waals surface area (Å²) >= 11 is 0. The summed E-state index contributed by atoms with van der Waals surface area (Å²) in [6.07, 6.45) is 4.50. The SMILES string of the molecule is CCCCC[C@@H]1OC(C)(C)O[C@H]1CO. The minimum atomic E-state index is -0.524. The van der Waals surface area contributed by atoms with Crippen LogP contribution in [0.15, 0.2) is 0 Å². The van der Waals surface area contributed by atoms with Crippen LogP contribution >= 0.6 is 0 Å². The molecule has 1 aliphatic rings. The van der Waals surface area contributed by atoms with Crippen LogP contribution in [0.4, 0.5) is 0 Å². The summed E-state index contributed by atoms with van der Waals surface area (Å²) in [4.78, 5) is 0. The highest BCUT2D eigenvalue weighted by atomic mass is 16.8. The summed E-state index contributed by atoms with van der Waals surface area (Å²) in [5.74, 6) is -0.524. The van der Waals surface area contributed by atoms with Crippen molar-refractivity contribution in [3.8, 4) is 0 Å². The molecule has 1 fully saturated rings. The molecule has 0 spiro atoms. The molecule has 0 unspecified atom stereocenters. The molecule has 3 nitrogen and oxygen atoms in total. The van der Waals surface area contributed by atoms with Crippen molar-refractivity contribution in [1.29, 1.82) is 0 Å². The molecule has 1 saturated heterocycles. The molecule has 1 heterocycles. The summed E-state index contributed by atoms with van der Waals surface area (Å²) in [5, 5.41) is 9.12. The lowest BCUT2D eigenvalue weighted by molar-refractivity contribution is -0.149. The highest BCUT2D eigenvalue weighted by Gasteiger charge is 2.40. The Bertz CT molecular complexity index is 168. The van der Waals surface area contributed by atoms with E-state index in [1.54, 1.807) is 0 Å². The number of hydrogen-bond acceptors (Lipinski definition) is 3. The van der Waals surface area contributed by atoms with Crippen LogP contribution in [0.2, 0.25) is 0 Å². The van der Waals surface area contributed by atoms with Gasteiger partial charge in [0.1, 0.15) is 6.10 Å². The summed E-state index contributed by atoms with van der Waals surface area (Å²) in [6.45, 7) is 6.03. The third kappa shape index (κ3) is 3.23. The molecule has 0 aromatic rings. The van der Waals surface area contributed by atoms with Crippen LogP contribution in [-0.2, 0) is 9.47 Å². The van der Waals surface area contributed by atoms with Gasteiger partial charge in [-0.2, -0.15) is 0 Å². The molecule has 14 heavy (non-hydrogen) atoms. The highest BCUT2D eigenvalue weighted by molar-refractivity contribution is 4.80. The Kier molecular flexibility index (Phi) is 4.35. The fourth-order valence-electron chi connectivity index (χ4n) is 1.90. The maximum absolute atomic E-state index is 9.12. The number of unbranched alkanes of at least 4 members (excludes halogenated alkanes) is 2. The van der Waals surface area contributed by atoms with Gasteiger partial charge in [-0.05, 0) is 20.3 Å². The molecule has 3 heteroatoms. The van der Waals surface area contributed by atoms with Gasteiger partial charge in [0.05, 0.1) is 12.7 Å². The number of hydrogen-bond donors (Lipinski definition) is 1. The van der Waals surface area contributed by atoms with E-state index in [0.717, 1.165) is 12.8 Å². The van der Waals surface area contributed by atoms with Crippen LogP contribution in [0.1, 0.15) is 46.5 Å². The van der Waals surface area contributed by atoms with Gasteiger partial charge < -0.3 is 14.6 Å². The first-order chi connectivity index (χ1) is 6.59. The standard InChI is InChI=1S/C11H22O3/c1-4-5-6-7-9-10(8-12)14-11(2,3)13-9/h9-10,12H,4-8H2,1-3H3/t9-,10-/m0/s1. The molecule has 1 N–H and O–H groups in total. The van der Waals surface area contributed by atoms with Crippen molar-refractivity contribution < 1.29 is 14.6 Å². The molecule has 2 atom stereocenters. The van der Waals surface area contributed by atoms with Gasteiger partial charge in [-0.1, -0.05) is 26.2 Å². The van der Waals surface area contributed by atoms with E-state index in [9.17, 15) is 0 Å². The number of aliphatic hydroxyl groups is 1. The zero-order valence-corrected chi connectivity index (χ0v) is 9.45. The van der Waals surface area contributed by atoms with Crippen molar-refractivity contribution in [2.45, 2.75) is 64.4 Å². The Morgan fingerprint density at radius 3 is 2.36 bits per heavy atom. The van der Waals surface area contributed by atoms with Gasteiger partial charge in [0.15, 0.2) is 5.79 Å². The predicted molar refractivity (Wildman–Crippen MR) is 55.1 cm³/mol. The molecule has 0 amide bonds. The van der Waals surface area contributed by atoms with E-state index >= 15 is 0 Å². The van der Waals surface area contributed by atoms with Crippen molar-refractivity contribution in [1.82, 2.24) is 0 Å². The maximum Gasteiger partial charge on any atom is 0.163 e. The summed E-state index contributed by atoms with van der Waals surface area (Å²) < 4.78 is 11.3. The Hall–Kier alpha value is -0.120. The fraction of sp³-hybridized carbons (Fsp3) is 1.00. The lowest BCUT2D eigenvalue weighted by atomic mass is 10.1. The molecule has 1 aliphatic heterocycles. The number of aliphatic hydroxyl groups excluding tert-OH is 1. The summed E-state index contributed by atoms with van der Waals surface area (Å²) in [5.41, 5.74) is 0. The smallest absolute Gasteiger partial charge is 0.163 e. The van der Waals surface area contributed by atoms with E-state index in [-0.39, 0.29) is 18.8 Å². The molecule has 1 rings (SSSR count). The molecule has 0 aromatic carbocycles. The van der Waals surface area contributed by atoms with Crippen LogP contribution in [0.25, 0.3) is 0 Å². The monoisotopic (exact) mass is 202 g/mol. The van der Waals surface area contributed by atoms with E-state index in [4.69, 9.17) is 14.6 Å². The molecule has 0 aliphatic carbocycles. The normalized spacial score (nSPS) is 30.9.